The lowest BCUT2D eigenvalue weighted by molar-refractivity contribution is 1.30. The molecule has 0 aliphatic rings. The quantitative estimate of drug-likeness (QED) is 0.168. The zero-order chi connectivity index (χ0) is 45.9. The number of rotatable bonds is 6. The largest absolute Gasteiger partial charge is 0.310 e. The third-order valence-corrected chi connectivity index (χ3v) is 12.0. The van der Waals surface area contributed by atoms with Crippen molar-refractivity contribution in [2.75, 3.05) is 4.90 Å². The topological polar surface area (TPSA) is 16.1 Å². The molecule has 11 aromatic rings. The number of benzene rings is 9. The van der Waals surface area contributed by atoms with Gasteiger partial charge < -0.3 is 4.90 Å². The monoisotopic (exact) mass is 747 g/mol. The molecule has 258 valence electrons. The van der Waals surface area contributed by atoms with Gasteiger partial charge in [0.1, 0.15) is 5.01 Å². The third kappa shape index (κ3) is 5.33. The van der Waals surface area contributed by atoms with E-state index in [0.29, 0.717) is 5.56 Å². The second kappa shape index (κ2) is 13.1. The summed E-state index contributed by atoms with van der Waals surface area (Å²) in [5, 5.41) is 4.00. The molecule has 0 saturated heterocycles. The minimum atomic E-state index is -0.624. The average molecular weight is 748 g/mol. The highest BCUT2D eigenvalue weighted by Gasteiger charge is 2.20. The van der Waals surface area contributed by atoms with Gasteiger partial charge in [0.05, 0.1) is 31.0 Å². The number of hydrogen-bond donors (Lipinski definition) is 0. The maximum Gasteiger partial charge on any atom is 0.124 e. The van der Waals surface area contributed by atoms with Crippen molar-refractivity contribution in [2.24, 2.45) is 0 Å². The molecule has 0 bridgehead atoms. The van der Waals surface area contributed by atoms with Gasteiger partial charge in [-0.2, -0.15) is 0 Å². The van der Waals surface area contributed by atoms with Gasteiger partial charge in [-0.05, 0) is 81.3 Å². The molecule has 0 radical (unpaired) electrons. The van der Waals surface area contributed by atoms with Crippen LogP contribution in [0.25, 0.3) is 84.8 Å². The van der Waals surface area contributed by atoms with E-state index in [9.17, 15) is 6.85 Å². The minimum absolute atomic E-state index is 0.0569. The van der Waals surface area contributed by atoms with E-state index in [0.717, 1.165) is 62.9 Å². The lowest BCUT2D eigenvalue weighted by atomic mass is 9.92. The molecule has 4 heteroatoms. The summed E-state index contributed by atoms with van der Waals surface area (Å²) in [6.45, 7) is 0. The fourth-order valence-corrected chi connectivity index (χ4v) is 9.63. The molecule has 2 nitrogen and oxygen atoms in total. The van der Waals surface area contributed by atoms with E-state index < -0.39 is 54.4 Å². The first-order valence-corrected chi connectivity index (χ1v) is 19.3. The number of thiophene rings is 1. The van der Waals surface area contributed by atoms with E-state index in [1.165, 1.54) is 4.90 Å². The van der Waals surface area contributed by atoms with Gasteiger partial charge in [-0.3, -0.25) is 0 Å². The van der Waals surface area contributed by atoms with Crippen LogP contribution >= 0.6 is 22.7 Å². The molecule has 2 aromatic heterocycles. The van der Waals surface area contributed by atoms with Crippen LogP contribution in [-0.2, 0) is 0 Å². The summed E-state index contributed by atoms with van der Waals surface area (Å²) in [6.07, 6.45) is 0. The predicted molar refractivity (Wildman–Crippen MR) is 239 cm³/mol. The Morgan fingerprint density at radius 3 is 2.00 bits per heavy atom. The highest BCUT2D eigenvalue weighted by Crippen LogP contribution is 2.48. The molecule has 55 heavy (non-hydrogen) atoms. The number of anilines is 3. The lowest BCUT2D eigenvalue weighted by Crippen LogP contribution is -2.10. The summed E-state index contributed by atoms with van der Waals surface area (Å²) >= 11 is 3.22. The fourth-order valence-electron chi connectivity index (χ4n) is 7.45. The first-order valence-electron chi connectivity index (χ1n) is 23.1. The second-order valence-electron chi connectivity index (χ2n) is 13.0. The van der Waals surface area contributed by atoms with E-state index in [1.807, 2.05) is 48.5 Å². The summed E-state index contributed by atoms with van der Waals surface area (Å²) in [5.74, 6) is 0. The molecular weight excluding hydrogens is 705 g/mol. The molecule has 9 aromatic carbocycles. The van der Waals surface area contributed by atoms with Crippen molar-refractivity contribution >= 4 is 91.7 Å². The minimum Gasteiger partial charge on any atom is -0.310 e. The van der Waals surface area contributed by atoms with Crippen LogP contribution in [-0.4, -0.2) is 4.98 Å². The first-order chi connectivity index (χ1) is 31.9. The van der Waals surface area contributed by atoms with E-state index in [2.05, 4.69) is 48.5 Å². The average Bonchev–Trinajstić information content (AvgIpc) is 3.96. The number of para-hydroxylation sites is 2. The SMILES string of the molecule is [2H]c1c([2H])c(N(c2ccccc2)c2c([2H])c([2H])c([2H])c3c([2H])c([2H])c([2H])c([2H])c23)c([2H])c([2H])c1-c1cccc2sc3cc(-c4cccc5sc(-c6ccccc6)nc45)c4ccccc4c3c12. The van der Waals surface area contributed by atoms with Crippen LogP contribution in [0.1, 0.15) is 15.1 Å². The normalized spacial score (nSPS) is 14.4. The van der Waals surface area contributed by atoms with E-state index in [1.54, 1.807) is 53.0 Å². The summed E-state index contributed by atoms with van der Waals surface area (Å²) in [4.78, 5) is 6.42. The van der Waals surface area contributed by atoms with Crippen LogP contribution < -0.4 is 4.90 Å². The number of thiazole rings is 1. The van der Waals surface area contributed by atoms with Crippen LogP contribution in [0.3, 0.4) is 0 Å². The zero-order valence-electron chi connectivity index (χ0n) is 39.8. The molecule has 0 unspecified atom stereocenters. The van der Waals surface area contributed by atoms with Gasteiger partial charge in [0.15, 0.2) is 0 Å². The first kappa shape index (κ1) is 22.6. The van der Waals surface area contributed by atoms with Gasteiger partial charge in [-0.25, -0.2) is 4.98 Å². The Morgan fingerprint density at radius 2 is 1.16 bits per heavy atom. The standard InChI is InChI=1S/C51H32N2S2/c1-3-15-35(16-4-1)51-52-50-42(24-13-27-46(50)55-51)43-32-47-49(41-22-10-9-21-40(41)43)48-39(23-12-26-45(48)54-47)34-28-30-37(31-29-34)53(36-18-5-2-6-19-36)44-25-11-17-33-14-7-8-20-38(33)44/h1-32H/i7D,8D,11D,14D,17D,20D,25D,28D,29D,30D,31D. The number of aromatic nitrogens is 1. The Balaban J connectivity index is 1.16. The number of nitrogens with zero attached hydrogens (tertiary/aromatic N) is 2. The molecule has 0 aliphatic heterocycles. The Hall–Kier alpha value is -6.59. The summed E-state index contributed by atoms with van der Waals surface area (Å²) < 4.78 is 103. The molecule has 0 saturated carbocycles. The lowest BCUT2D eigenvalue weighted by Gasteiger charge is -2.27. The highest BCUT2D eigenvalue weighted by molar-refractivity contribution is 7.26. The van der Waals surface area contributed by atoms with Crippen molar-refractivity contribution in [1.29, 1.82) is 0 Å². The molecule has 0 N–H and O–H groups in total. The Labute approximate surface area is 342 Å². The van der Waals surface area contributed by atoms with E-state index in [-0.39, 0.29) is 45.5 Å². The number of hydrogen-bond acceptors (Lipinski definition) is 4. The van der Waals surface area contributed by atoms with Crippen molar-refractivity contribution < 1.29 is 15.1 Å². The van der Waals surface area contributed by atoms with Crippen LogP contribution in [0.5, 0.6) is 0 Å². The van der Waals surface area contributed by atoms with Gasteiger partial charge in [0.2, 0.25) is 0 Å². The van der Waals surface area contributed by atoms with Gasteiger partial charge in [-0.1, -0.05) is 145 Å². The maximum absolute atomic E-state index is 9.69. The van der Waals surface area contributed by atoms with Crippen molar-refractivity contribution in [3.05, 3.63) is 194 Å². The van der Waals surface area contributed by atoms with Gasteiger partial charge in [0, 0.05) is 48.1 Å². The van der Waals surface area contributed by atoms with Crippen molar-refractivity contribution in [1.82, 2.24) is 4.98 Å². The van der Waals surface area contributed by atoms with Crippen LogP contribution in [0, 0.1) is 0 Å². The van der Waals surface area contributed by atoms with Gasteiger partial charge in [0.25, 0.3) is 0 Å². The van der Waals surface area contributed by atoms with Crippen molar-refractivity contribution in [3.8, 4) is 32.8 Å². The van der Waals surface area contributed by atoms with E-state index >= 15 is 0 Å². The van der Waals surface area contributed by atoms with Gasteiger partial charge in [-0.15, -0.1) is 22.7 Å². The Bertz CT molecular complexity index is 3820. The summed E-state index contributed by atoms with van der Waals surface area (Å²) in [7, 11) is 0. The third-order valence-electron chi connectivity index (χ3n) is 9.87. The molecule has 0 atom stereocenters. The van der Waals surface area contributed by atoms with E-state index in [4.69, 9.17) is 13.2 Å². The van der Waals surface area contributed by atoms with Crippen LogP contribution in [0.2, 0.25) is 0 Å². The highest BCUT2D eigenvalue weighted by atomic mass is 32.1. The fraction of sp³-hybridized carbons (Fsp3) is 0. The van der Waals surface area contributed by atoms with Crippen LogP contribution in [0.15, 0.2) is 194 Å². The molecule has 0 amide bonds. The molecule has 0 aliphatic carbocycles. The summed E-state index contributed by atoms with van der Waals surface area (Å²) in [6, 6.07) is 34.8. The molecular formula is C51H32N2S2. The van der Waals surface area contributed by atoms with Crippen molar-refractivity contribution in [2.45, 2.75) is 0 Å². The molecule has 0 fully saturated rings. The molecule has 11 rings (SSSR count). The number of fused-ring (bicyclic) bond motifs is 7. The second-order valence-corrected chi connectivity index (χ2v) is 15.1. The van der Waals surface area contributed by atoms with Crippen LogP contribution in [0.4, 0.5) is 17.1 Å². The molecule has 2 heterocycles. The molecule has 0 spiro atoms. The smallest absolute Gasteiger partial charge is 0.124 e. The maximum atomic E-state index is 9.69. The van der Waals surface area contributed by atoms with Crippen molar-refractivity contribution in [3.63, 3.8) is 0 Å². The predicted octanol–water partition coefficient (Wildman–Crippen LogP) is 15.4. The Kier molecular flexibility index (Phi) is 5.36. The van der Waals surface area contributed by atoms with Gasteiger partial charge >= 0.3 is 0 Å². The summed E-state index contributed by atoms with van der Waals surface area (Å²) in [5.41, 5.74) is 4.20. The Morgan fingerprint density at radius 1 is 0.455 bits per heavy atom. The zero-order valence-corrected chi connectivity index (χ0v) is 30.5.